The number of ether oxygens (including phenoxy) is 1. The molecule has 6 nitrogen and oxygen atoms in total. The van der Waals surface area contributed by atoms with E-state index in [1.165, 1.54) is 16.8 Å². The second-order valence-corrected chi connectivity index (χ2v) is 7.62. The van der Waals surface area contributed by atoms with Crippen molar-refractivity contribution < 1.29 is 13.9 Å². The minimum Gasteiger partial charge on any atom is -0.497 e. The fourth-order valence-corrected chi connectivity index (χ4v) is 3.65. The molecule has 0 aliphatic carbocycles. The number of methoxy groups -OCH3 is 1. The molecular weight excluding hydrogens is 451 g/mol. The highest BCUT2D eigenvalue weighted by Gasteiger charge is 2.16. The van der Waals surface area contributed by atoms with Crippen molar-refractivity contribution in [3.05, 3.63) is 70.7 Å². The normalized spacial score (nSPS) is 10.9. The number of nitrogens with zero attached hydrogens (tertiary/aromatic N) is 3. The minimum absolute atomic E-state index is 0.0844. The van der Waals surface area contributed by atoms with Crippen LogP contribution in [0.3, 0.4) is 0 Å². The number of carbonyl (C=O) groups is 1. The van der Waals surface area contributed by atoms with Gasteiger partial charge in [0.1, 0.15) is 18.1 Å². The van der Waals surface area contributed by atoms with Crippen LogP contribution < -0.4 is 10.1 Å². The van der Waals surface area contributed by atoms with E-state index in [2.05, 4.69) is 31.3 Å². The predicted octanol–water partition coefficient (Wildman–Crippen LogP) is 4.96. The van der Waals surface area contributed by atoms with Gasteiger partial charge in [0.15, 0.2) is 5.65 Å². The van der Waals surface area contributed by atoms with E-state index in [4.69, 9.17) is 4.74 Å². The molecule has 152 valence electrons. The third kappa shape index (κ3) is 3.91. The molecule has 0 radical (unpaired) electrons. The lowest BCUT2D eigenvalue weighted by Crippen LogP contribution is -2.20. The molecule has 1 amide bonds. The van der Waals surface area contributed by atoms with E-state index >= 15 is 0 Å². The number of amides is 1. The molecule has 0 atom stereocenters. The Kier molecular flexibility index (Phi) is 5.50. The third-order valence-electron chi connectivity index (χ3n) is 4.71. The van der Waals surface area contributed by atoms with Gasteiger partial charge in [-0.1, -0.05) is 28.1 Å². The zero-order valence-electron chi connectivity index (χ0n) is 16.3. The Hall–Kier alpha value is -3.26. The molecule has 0 aliphatic rings. The molecule has 0 fully saturated rings. The first-order chi connectivity index (χ1) is 14.5. The van der Waals surface area contributed by atoms with Gasteiger partial charge in [0, 0.05) is 16.1 Å². The third-order valence-corrected chi connectivity index (χ3v) is 5.20. The van der Waals surface area contributed by atoms with E-state index in [1.54, 1.807) is 19.4 Å². The Morgan fingerprint density at radius 2 is 1.97 bits per heavy atom. The minimum atomic E-state index is -0.515. The molecule has 2 heterocycles. The summed E-state index contributed by atoms with van der Waals surface area (Å²) in [6, 6.07) is 14.1. The second-order valence-electron chi connectivity index (χ2n) is 6.70. The van der Waals surface area contributed by atoms with Gasteiger partial charge in [-0.25, -0.2) is 14.1 Å². The second kappa shape index (κ2) is 8.23. The summed E-state index contributed by atoms with van der Waals surface area (Å²) in [4.78, 5) is 16.9. The average Bonchev–Trinajstić information content (AvgIpc) is 3.06. The summed E-state index contributed by atoms with van der Waals surface area (Å²) >= 11 is 3.20. The summed E-state index contributed by atoms with van der Waals surface area (Å²) in [5.41, 5.74) is 3.42. The Balaban J connectivity index is 1.64. The molecule has 0 saturated carbocycles. The van der Waals surface area contributed by atoms with E-state index < -0.39 is 11.7 Å². The van der Waals surface area contributed by atoms with Crippen LogP contribution in [0.25, 0.3) is 22.2 Å². The molecule has 0 aliphatic heterocycles. The Bertz CT molecular complexity index is 1240. The molecule has 0 saturated heterocycles. The predicted molar refractivity (Wildman–Crippen MR) is 117 cm³/mol. The lowest BCUT2D eigenvalue weighted by Gasteiger charge is -2.08. The van der Waals surface area contributed by atoms with E-state index in [1.807, 2.05) is 37.3 Å². The molecule has 0 bridgehead atoms. The van der Waals surface area contributed by atoms with Crippen LogP contribution in [0.4, 0.5) is 10.1 Å². The van der Waals surface area contributed by atoms with E-state index in [0.717, 1.165) is 28.0 Å². The Morgan fingerprint density at radius 3 is 2.67 bits per heavy atom. The smallest absolute Gasteiger partial charge is 0.246 e. The number of anilines is 1. The molecule has 2 aromatic carbocycles. The first kappa shape index (κ1) is 20.0. The van der Waals surface area contributed by atoms with E-state index in [9.17, 15) is 9.18 Å². The van der Waals surface area contributed by atoms with Crippen LogP contribution >= 0.6 is 15.9 Å². The molecule has 4 aromatic rings. The molecule has 1 N–H and O–H groups in total. The van der Waals surface area contributed by atoms with Crippen LogP contribution in [0, 0.1) is 12.7 Å². The average molecular weight is 469 g/mol. The summed E-state index contributed by atoms with van der Waals surface area (Å²) in [7, 11) is 1.62. The maximum absolute atomic E-state index is 14.0. The summed E-state index contributed by atoms with van der Waals surface area (Å²) in [5, 5.41) is 7.94. The monoisotopic (exact) mass is 468 g/mol. The maximum Gasteiger partial charge on any atom is 0.246 e. The molecule has 2 aromatic heterocycles. The Labute approximate surface area is 180 Å². The van der Waals surface area contributed by atoms with Crippen molar-refractivity contribution in [2.45, 2.75) is 13.5 Å². The number of hydrogen-bond acceptors (Lipinski definition) is 4. The molecular formula is C22H18BrFN4O2. The highest BCUT2D eigenvalue weighted by Crippen LogP contribution is 2.31. The van der Waals surface area contributed by atoms with Gasteiger partial charge in [-0.15, -0.1) is 0 Å². The van der Waals surface area contributed by atoms with Gasteiger partial charge in [0.25, 0.3) is 0 Å². The summed E-state index contributed by atoms with van der Waals surface area (Å²) < 4.78 is 21.4. The van der Waals surface area contributed by atoms with Gasteiger partial charge in [-0.3, -0.25) is 4.79 Å². The number of fused-ring (bicyclic) bond motifs is 1. The number of benzene rings is 2. The van der Waals surface area contributed by atoms with Crippen molar-refractivity contribution in [2.24, 2.45) is 0 Å². The van der Waals surface area contributed by atoms with Crippen LogP contribution in [0.1, 0.15) is 5.69 Å². The van der Waals surface area contributed by atoms with Crippen molar-refractivity contribution in [1.82, 2.24) is 14.8 Å². The van der Waals surface area contributed by atoms with Gasteiger partial charge in [0.05, 0.1) is 18.5 Å². The molecule has 30 heavy (non-hydrogen) atoms. The number of pyridine rings is 1. The van der Waals surface area contributed by atoms with Crippen LogP contribution in [0.15, 0.2) is 59.2 Å². The zero-order chi connectivity index (χ0) is 21.3. The first-order valence-electron chi connectivity index (χ1n) is 9.17. The van der Waals surface area contributed by atoms with Crippen molar-refractivity contribution in [2.75, 3.05) is 12.4 Å². The molecule has 4 rings (SSSR count). The van der Waals surface area contributed by atoms with E-state index in [0.29, 0.717) is 10.1 Å². The number of carbonyl (C=O) groups excluding carboxylic acids is 1. The summed E-state index contributed by atoms with van der Waals surface area (Å²) in [5.74, 6) is -0.135. The largest absolute Gasteiger partial charge is 0.497 e. The van der Waals surface area contributed by atoms with Crippen molar-refractivity contribution in [3.63, 3.8) is 0 Å². The van der Waals surface area contributed by atoms with Crippen molar-refractivity contribution >= 4 is 38.6 Å². The number of aryl methyl sites for hydroxylation is 1. The lowest BCUT2D eigenvalue weighted by atomic mass is 10.0. The highest BCUT2D eigenvalue weighted by molar-refractivity contribution is 9.10. The molecule has 0 unspecified atom stereocenters. The maximum atomic E-state index is 14.0. The Morgan fingerprint density at radius 1 is 1.20 bits per heavy atom. The fraction of sp³-hybridized carbons (Fsp3) is 0.136. The van der Waals surface area contributed by atoms with Crippen molar-refractivity contribution in [1.29, 1.82) is 0 Å². The standard InChI is InChI=1S/C22H18BrFN4O2/c1-13-21-17(14-3-6-16(30-2)7-4-14)9-10-25-22(21)28(27-13)12-20(29)26-19-8-5-15(23)11-18(19)24/h3-11H,12H2,1-2H3,(H,26,29). The molecule has 8 heteroatoms. The fourth-order valence-electron chi connectivity index (χ4n) is 3.32. The molecule has 0 spiro atoms. The number of halogens is 2. The van der Waals surface area contributed by atoms with Gasteiger partial charge < -0.3 is 10.1 Å². The first-order valence-corrected chi connectivity index (χ1v) is 9.97. The van der Waals surface area contributed by atoms with Crippen molar-refractivity contribution in [3.8, 4) is 16.9 Å². The SMILES string of the molecule is COc1ccc(-c2ccnc3c2c(C)nn3CC(=O)Nc2ccc(Br)cc2F)cc1. The van der Waals surface area contributed by atoms with Crippen LogP contribution in [0.2, 0.25) is 0 Å². The lowest BCUT2D eigenvalue weighted by molar-refractivity contribution is -0.116. The van der Waals surface area contributed by atoms with Gasteiger partial charge in [0.2, 0.25) is 5.91 Å². The topological polar surface area (TPSA) is 69.0 Å². The number of nitrogens with one attached hydrogen (secondary N) is 1. The van der Waals surface area contributed by atoms with Crippen LogP contribution in [-0.2, 0) is 11.3 Å². The van der Waals surface area contributed by atoms with Gasteiger partial charge in [-0.05, 0) is 54.4 Å². The summed E-state index contributed by atoms with van der Waals surface area (Å²) in [6.45, 7) is 1.79. The summed E-state index contributed by atoms with van der Waals surface area (Å²) in [6.07, 6.45) is 1.69. The number of hydrogen-bond donors (Lipinski definition) is 1. The van der Waals surface area contributed by atoms with Gasteiger partial charge >= 0.3 is 0 Å². The van der Waals surface area contributed by atoms with E-state index in [-0.39, 0.29) is 12.2 Å². The quantitative estimate of drug-likeness (QED) is 0.449. The van der Waals surface area contributed by atoms with Crippen LogP contribution in [0.5, 0.6) is 5.75 Å². The number of rotatable bonds is 5. The number of aromatic nitrogens is 3. The zero-order valence-corrected chi connectivity index (χ0v) is 17.9. The van der Waals surface area contributed by atoms with Gasteiger partial charge in [-0.2, -0.15) is 5.10 Å². The van der Waals surface area contributed by atoms with Crippen LogP contribution in [-0.4, -0.2) is 27.8 Å². The highest BCUT2D eigenvalue weighted by atomic mass is 79.9.